The number of hydrogen-bond acceptors (Lipinski definition) is 1. The summed E-state index contributed by atoms with van der Waals surface area (Å²) in [5.74, 6) is 0. The second kappa shape index (κ2) is 4.00. The third-order valence-electron chi connectivity index (χ3n) is 2.22. The summed E-state index contributed by atoms with van der Waals surface area (Å²) in [4.78, 5) is 11.7. The van der Waals surface area contributed by atoms with E-state index in [1.807, 2.05) is 30.3 Å². The van der Waals surface area contributed by atoms with Crippen LogP contribution in [0.3, 0.4) is 0 Å². The van der Waals surface area contributed by atoms with Crippen LogP contribution in [0.5, 0.6) is 0 Å². The fourth-order valence-electron chi connectivity index (χ4n) is 1.50. The number of benzene rings is 1. The highest BCUT2D eigenvalue weighted by Crippen LogP contribution is 2.14. The minimum atomic E-state index is -0.129. The lowest BCUT2D eigenvalue weighted by molar-refractivity contribution is 0.244. The van der Waals surface area contributed by atoms with E-state index in [9.17, 15) is 4.79 Å². The van der Waals surface area contributed by atoms with Crippen molar-refractivity contribution in [3.63, 3.8) is 0 Å². The maximum Gasteiger partial charge on any atom is 0.326 e. The SMILES string of the molecule is C=CCNC(=O)n1ccc2ccccc21. The van der Waals surface area contributed by atoms with E-state index in [0.29, 0.717) is 6.54 Å². The summed E-state index contributed by atoms with van der Waals surface area (Å²) in [5, 5.41) is 3.79. The van der Waals surface area contributed by atoms with Gasteiger partial charge in [-0.15, -0.1) is 6.58 Å². The summed E-state index contributed by atoms with van der Waals surface area (Å²) in [6.45, 7) is 4.03. The van der Waals surface area contributed by atoms with Crippen LogP contribution in [-0.2, 0) is 0 Å². The van der Waals surface area contributed by atoms with Crippen molar-refractivity contribution >= 4 is 16.9 Å². The van der Waals surface area contributed by atoms with E-state index in [1.165, 1.54) is 0 Å². The fraction of sp³-hybridized carbons (Fsp3) is 0.0833. The Morgan fingerprint density at radius 3 is 3.00 bits per heavy atom. The van der Waals surface area contributed by atoms with Crippen LogP contribution in [0.15, 0.2) is 49.2 Å². The first-order valence-electron chi connectivity index (χ1n) is 4.78. The first kappa shape index (κ1) is 9.52. The van der Waals surface area contributed by atoms with Gasteiger partial charge < -0.3 is 5.32 Å². The van der Waals surface area contributed by atoms with Crippen LogP contribution in [0.25, 0.3) is 10.9 Å². The molecule has 76 valence electrons. The Bertz CT molecular complexity index is 499. The molecule has 1 N–H and O–H groups in total. The van der Waals surface area contributed by atoms with Gasteiger partial charge in [-0.1, -0.05) is 24.3 Å². The maximum absolute atomic E-state index is 11.7. The minimum Gasteiger partial charge on any atom is -0.334 e. The Hall–Kier alpha value is -2.03. The van der Waals surface area contributed by atoms with Gasteiger partial charge in [0.05, 0.1) is 5.52 Å². The van der Waals surface area contributed by atoms with E-state index in [-0.39, 0.29) is 6.03 Å². The number of para-hydroxylation sites is 1. The number of amides is 1. The third-order valence-corrected chi connectivity index (χ3v) is 2.22. The monoisotopic (exact) mass is 200 g/mol. The molecule has 2 rings (SSSR count). The Morgan fingerprint density at radius 1 is 1.40 bits per heavy atom. The molecule has 2 aromatic rings. The number of carbonyl (C=O) groups is 1. The molecule has 0 aliphatic heterocycles. The van der Waals surface area contributed by atoms with Crippen LogP contribution in [0.1, 0.15) is 0 Å². The normalized spacial score (nSPS) is 10.1. The van der Waals surface area contributed by atoms with Gasteiger partial charge in [0.2, 0.25) is 0 Å². The van der Waals surface area contributed by atoms with Crippen LogP contribution >= 0.6 is 0 Å². The average Bonchev–Trinajstić information content (AvgIpc) is 2.69. The second-order valence-electron chi connectivity index (χ2n) is 3.22. The smallest absolute Gasteiger partial charge is 0.326 e. The molecule has 1 heterocycles. The predicted octanol–water partition coefficient (Wildman–Crippen LogP) is 2.39. The van der Waals surface area contributed by atoms with Crippen molar-refractivity contribution in [3.05, 3.63) is 49.2 Å². The number of hydrogen-bond donors (Lipinski definition) is 1. The van der Waals surface area contributed by atoms with E-state index in [4.69, 9.17) is 0 Å². The summed E-state index contributed by atoms with van der Waals surface area (Å²) < 4.78 is 1.60. The molecular formula is C12H12N2O. The molecule has 3 nitrogen and oxygen atoms in total. The number of carbonyl (C=O) groups excluding carboxylic acids is 1. The predicted molar refractivity (Wildman–Crippen MR) is 60.9 cm³/mol. The number of nitrogens with one attached hydrogen (secondary N) is 1. The van der Waals surface area contributed by atoms with Gasteiger partial charge in [-0.2, -0.15) is 0 Å². The van der Waals surface area contributed by atoms with Gasteiger partial charge in [0.1, 0.15) is 0 Å². The molecule has 0 atom stereocenters. The van der Waals surface area contributed by atoms with Crippen molar-refractivity contribution < 1.29 is 4.79 Å². The van der Waals surface area contributed by atoms with Gasteiger partial charge in [0, 0.05) is 18.1 Å². The molecule has 0 bridgehead atoms. The molecule has 3 heteroatoms. The van der Waals surface area contributed by atoms with Crippen molar-refractivity contribution in [2.24, 2.45) is 0 Å². The Kier molecular flexibility index (Phi) is 2.54. The molecule has 0 aliphatic rings. The van der Waals surface area contributed by atoms with Crippen molar-refractivity contribution in [1.82, 2.24) is 9.88 Å². The maximum atomic E-state index is 11.7. The third kappa shape index (κ3) is 1.76. The van der Waals surface area contributed by atoms with Crippen LogP contribution in [-0.4, -0.2) is 17.1 Å². The zero-order valence-electron chi connectivity index (χ0n) is 8.31. The fourth-order valence-corrected chi connectivity index (χ4v) is 1.50. The Balaban J connectivity index is 2.35. The van der Waals surface area contributed by atoms with Crippen molar-refractivity contribution in [1.29, 1.82) is 0 Å². The van der Waals surface area contributed by atoms with Gasteiger partial charge >= 0.3 is 6.03 Å². The van der Waals surface area contributed by atoms with Crippen LogP contribution in [0, 0.1) is 0 Å². The number of rotatable bonds is 2. The zero-order chi connectivity index (χ0) is 10.7. The van der Waals surface area contributed by atoms with Gasteiger partial charge in [0.15, 0.2) is 0 Å². The lowest BCUT2D eigenvalue weighted by Crippen LogP contribution is -2.27. The van der Waals surface area contributed by atoms with E-state index in [2.05, 4.69) is 11.9 Å². The zero-order valence-corrected chi connectivity index (χ0v) is 8.31. The molecule has 0 saturated carbocycles. The first-order chi connectivity index (χ1) is 7.33. The summed E-state index contributed by atoms with van der Waals surface area (Å²) in [7, 11) is 0. The Labute approximate surface area is 88.0 Å². The number of fused-ring (bicyclic) bond motifs is 1. The molecule has 1 aromatic heterocycles. The molecule has 0 radical (unpaired) electrons. The van der Waals surface area contributed by atoms with Crippen LogP contribution in [0.2, 0.25) is 0 Å². The number of nitrogens with zero attached hydrogens (tertiary/aromatic N) is 1. The van der Waals surface area contributed by atoms with Gasteiger partial charge in [0.25, 0.3) is 0 Å². The Morgan fingerprint density at radius 2 is 2.20 bits per heavy atom. The van der Waals surface area contributed by atoms with Gasteiger partial charge in [-0.25, -0.2) is 4.79 Å². The van der Waals surface area contributed by atoms with Gasteiger partial charge in [-0.3, -0.25) is 4.57 Å². The summed E-state index contributed by atoms with van der Waals surface area (Å²) in [6, 6.07) is 9.56. The molecule has 0 fully saturated rings. The van der Waals surface area contributed by atoms with Crippen LogP contribution < -0.4 is 5.32 Å². The second-order valence-corrected chi connectivity index (χ2v) is 3.22. The van der Waals surface area contributed by atoms with E-state index >= 15 is 0 Å². The molecule has 1 aromatic carbocycles. The van der Waals surface area contributed by atoms with E-state index in [1.54, 1.807) is 16.8 Å². The van der Waals surface area contributed by atoms with Gasteiger partial charge in [-0.05, 0) is 12.1 Å². The first-order valence-corrected chi connectivity index (χ1v) is 4.78. The quantitative estimate of drug-likeness (QED) is 0.742. The van der Waals surface area contributed by atoms with E-state index in [0.717, 1.165) is 10.9 Å². The average molecular weight is 200 g/mol. The highest BCUT2D eigenvalue weighted by Gasteiger charge is 2.05. The molecule has 1 amide bonds. The highest BCUT2D eigenvalue weighted by molar-refractivity contribution is 5.91. The molecule has 15 heavy (non-hydrogen) atoms. The topological polar surface area (TPSA) is 34.0 Å². The summed E-state index contributed by atoms with van der Waals surface area (Å²) >= 11 is 0. The standard InChI is InChI=1S/C12H12N2O/c1-2-8-13-12(15)14-9-7-10-5-3-4-6-11(10)14/h2-7,9H,1,8H2,(H,13,15). The molecule has 0 aliphatic carbocycles. The van der Waals surface area contributed by atoms with Crippen molar-refractivity contribution in [2.45, 2.75) is 0 Å². The molecule has 0 unspecified atom stereocenters. The lowest BCUT2D eigenvalue weighted by atomic mass is 10.2. The number of aromatic nitrogens is 1. The highest BCUT2D eigenvalue weighted by atomic mass is 16.2. The van der Waals surface area contributed by atoms with E-state index < -0.39 is 0 Å². The summed E-state index contributed by atoms with van der Waals surface area (Å²) in [5.41, 5.74) is 0.916. The minimum absolute atomic E-state index is 0.129. The summed E-state index contributed by atoms with van der Waals surface area (Å²) in [6.07, 6.45) is 3.42. The molecular weight excluding hydrogens is 188 g/mol. The van der Waals surface area contributed by atoms with Crippen LogP contribution in [0.4, 0.5) is 4.79 Å². The molecule has 0 spiro atoms. The van der Waals surface area contributed by atoms with Crippen molar-refractivity contribution in [2.75, 3.05) is 6.54 Å². The lowest BCUT2D eigenvalue weighted by Gasteiger charge is -2.04. The van der Waals surface area contributed by atoms with Crippen molar-refractivity contribution in [3.8, 4) is 0 Å². The molecule has 0 saturated heterocycles. The largest absolute Gasteiger partial charge is 0.334 e.